The summed E-state index contributed by atoms with van der Waals surface area (Å²) in [6.07, 6.45) is -0.844. The summed E-state index contributed by atoms with van der Waals surface area (Å²) in [5, 5.41) is 1.21. The third-order valence-electron chi connectivity index (χ3n) is 4.71. The van der Waals surface area contributed by atoms with Gasteiger partial charge in [0.05, 0.1) is 24.0 Å². The predicted molar refractivity (Wildman–Crippen MR) is 117 cm³/mol. The molecule has 0 N–H and O–H groups in total. The molecule has 2 amide bonds. The van der Waals surface area contributed by atoms with E-state index in [0.29, 0.717) is 27.3 Å². The Morgan fingerprint density at radius 2 is 1.93 bits per heavy atom. The normalized spacial score (nSPS) is 20.5. The van der Waals surface area contributed by atoms with Gasteiger partial charge in [0.15, 0.2) is 11.3 Å². The van der Waals surface area contributed by atoms with Crippen LogP contribution >= 0.6 is 23.4 Å². The molecule has 2 aliphatic heterocycles. The molecule has 0 radical (unpaired) electrons. The van der Waals surface area contributed by atoms with Gasteiger partial charge in [-0.15, -0.1) is 0 Å². The lowest BCUT2D eigenvalue weighted by atomic mass is 10.1. The minimum atomic E-state index is -0.844. The van der Waals surface area contributed by atoms with Crippen LogP contribution in [0.15, 0.2) is 53.5 Å². The largest absolute Gasteiger partial charge is 0.476 e. The lowest BCUT2D eigenvalue weighted by Gasteiger charge is -2.35. The van der Waals surface area contributed by atoms with E-state index >= 15 is 0 Å². The number of thioether (sulfide) groups is 1. The van der Waals surface area contributed by atoms with E-state index in [2.05, 4.69) is 4.99 Å². The second-order valence-electron chi connectivity index (χ2n) is 6.93. The smallest absolute Gasteiger partial charge is 0.276 e. The van der Waals surface area contributed by atoms with Crippen molar-refractivity contribution in [1.29, 1.82) is 0 Å². The zero-order valence-corrected chi connectivity index (χ0v) is 17.6. The average molecular weight is 430 g/mol. The molecule has 0 saturated heterocycles. The fourth-order valence-corrected chi connectivity index (χ4v) is 4.48. The van der Waals surface area contributed by atoms with E-state index in [1.165, 1.54) is 18.7 Å². The molecule has 0 aliphatic carbocycles. The Morgan fingerprint density at radius 3 is 2.59 bits per heavy atom. The molecule has 8 heteroatoms. The van der Waals surface area contributed by atoms with E-state index in [-0.39, 0.29) is 24.4 Å². The summed E-state index contributed by atoms with van der Waals surface area (Å²) >= 11 is 7.56. The highest BCUT2D eigenvalue weighted by molar-refractivity contribution is 8.14. The first-order valence-corrected chi connectivity index (χ1v) is 10.6. The predicted octanol–water partition coefficient (Wildman–Crippen LogP) is 3.98. The number of ether oxygens (including phenoxy) is 1. The van der Waals surface area contributed by atoms with E-state index in [9.17, 15) is 9.59 Å². The molecule has 0 spiro atoms. The Hall–Kier alpha value is -2.51. The third kappa shape index (κ3) is 3.97. The van der Waals surface area contributed by atoms with Crippen LogP contribution in [0.1, 0.15) is 13.8 Å². The lowest BCUT2D eigenvalue weighted by molar-refractivity contribution is -0.124. The lowest BCUT2D eigenvalue weighted by Crippen LogP contribution is -2.52. The van der Waals surface area contributed by atoms with Gasteiger partial charge in [0.2, 0.25) is 5.91 Å². The standard InChI is InChI=1S/C21H20ClN3O3S/c1-13-12-29-21(23-13)25(16-9-7-15(22)8-10-16)20(27)19-11-24(14(2)26)17-5-3-4-6-18(17)28-19/h3-10,13,19H,11-12H2,1-2H3/t13-,19+/m0/s1. The van der Waals surface area contributed by atoms with Crippen LogP contribution in [0.2, 0.25) is 5.02 Å². The van der Waals surface area contributed by atoms with Gasteiger partial charge in [-0.3, -0.25) is 19.5 Å². The number of anilines is 2. The number of halogens is 1. The molecule has 0 saturated carbocycles. The number of hydrogen-bond acceptors (Lipinski definition) is 5. The van der Waals surface area contributed by atoms with Crippen LogP contribution in [-0.2, 0) is 9.59 Å². The average Bonchev–Trinajstić information content (AvgIpc) is 3.14. The van der Waals surface area contributed by atoms with Crippen molar-refractivity contribution in [3.8, 4) is 5.75 Å². The van der Waals surface area contributed by atoms with Gasteiger partial charge in [-0.25, -0.2) is 0 Å². The van der Waals surface area contributed by atoms with Gasteiger partial charge in [0, 0.05) is 17.7 Å². The summed E-state index contributed by atoms with van der Waals surface area (Å²) < 4.78 is 6.01. The molecule has 0 aromatic heterocycles. The number of aliphatic imine (C=N–C) groups is 1. The molecular weight excluding hydrogens is 410 g/mol. The molecular formula is C21H20ClN3O3S. The van der Waals surface area contributed by atoms with E-state index in [0.717, 1.165) is 5.75 Å². The van der Waals surface area contributed by atoms with E-state index in [4.69, 9.17) is 16.3 Å². The zero-order valence-electron chi connectivity index (χ0n) is 16.0. The zero-order chi connectivity index (χ0) is 20.5. The molecule has 2 aliphatic rings. The summed E-state index contributed by atoms with van der Waals surface area (Å²) in [7, 11) is 0. The second kappa shape index (κ2) is 8.08. The number of para-hydroxylation sites is 2. The van der Waals surface area contributed by atoms with Gasteiger partial charge in [-0.1, -0.05) is 35.5 Å². The van der Waals surface area contributed by atoms with Gasteiger partial charge in [0.25, 0.3) is 5.91 Å². The highest BCUT2D eigenvalue weighted by atomic mass is 35.5. The first-order chi connectivity index (χ1) is 13.9. The third-order valence-corrected chi connectivity index (χ3v) is 6.16. The number of carbonyl (C=O) groups excluding carboxylic acids is 2. The van der Waals surface area contributed by atoms with E-state index in [1.54, 1.807) is 40.1 Å². The molecule has 150 valence electrons. The van der Waals surface area contributed by atoms with Crippen LogP contribution in [0.4, 0.5) is 11.4 Å². The maximum absolute atomic E-state index is 13.6. The summed E-state index contributed by atoms with van der Waals surface area (Å²) in [6, 6.07) is 14.4. The van der Waals surface area contributed by atoms with E-state index in [1.807, 2.05) is 25.1 Å². The highest BCUT2D eigenvalue weighted by Gasteiger charge is 2.38. The summed E-state index contributed by atoms with van der Waals surface area (Å²) in [6.45, 7) is 3.64. The quantitative estimate of drug-likeness (QED) is 0.724. The van der Waals surface area contributed by atoms with Crippen molar-refractivity contribution in [2.45, 2.75) is 26.0 Å². The Morgan fingerprint density at radius 1 is 1.21 bits per heavy atom. The number of benzene rings is 2. The minimum absolute atomic E-state index is 0.124. The topological polar surface area (TPSA) is 62.2 Å². The van der Waals surface area contributed by atoms with Gasteiger partial charge in [0.1, 0.15) is 5.75 Å². The first kappa shape index (κ1) is 19.8. The number of rotatable bonds is 2. The van der Waals surface area contributed by atoms with Crippen molar-refractivity contribution in [2.75, 3.05) is 22.1 Å². The Balaban J connectivity index is 1.70. The molecule has 4 rings (SSSR count). The summed E-state index contributed by atoms with van der Waals surface area (Å²) in [4.78, 5) is 33.6. The SMILES string of the molecule is CC(=O)N1C[C@H](C(=O)N(C2=N[C@@H](C)CS2)c2ccc(Cl)cc2)Oc2ccccc21. The molecule has 29 heavy (non-hydrogen) atoms. The monoisotopic (exact) mass is 429 g/mol. The number of carbonyl (C=O) groups is 2. The highest BCUT2D eigenvalue weighted by Crippen LogP contribution is 2.35. The van der Waals surface area contributed by atoms with Crippen LogP contribution in [-0.4, -0.2) is 41.4 Å². The van der Waals surface area contributed by atoms with Crippen LogP contribution in [0.25, 0.3) is 0 Å². The summed E-state index contributed by atoms with van der Waals surface area (Å²) in [5.74, 6) is 0.907. The summed E-state index contributed by atoms with van der Waals surface area (Å²) in [5.41, 5.74) is 1.33. The number of nitrogens with zero attached hydrogens (tertiary/aromatic N) is 3. The van der Waals surface area contributed by atoms with Crippen molar-refractivity contribution in [3.05, 3.63) is 53.6 Å². The van der Waals surface area contributed by atoms with Crippen molar-refractivity contribution in [3.63, 3.8) is 0 Å². The van der Waals surface area contributed by atoms with Crippen LogP contribution in [0.5, 0.6) is 5.75 Å². The molecule has 2 aromatic rings. The fraction of sp³-hybridized carbons (Fsp3) is 0.286. The van der Waals surface area contributed by atoms with Crippen molar-refractivity contribution < 1.29 is 14.3 Å². The van der Waals surface area contributed by atoms with Crippen LogP contribution < -0.4 is 14.5 Å². The van der Waals surface area contributed by atoms with Crippen LogP contribution in [0, 0.1) is 0 Å². The van der Waals surface area contributed by atoms with Gasteiger partial charge in [-0.2, -0.15) is 0 Å². The van der Waals surface area contributed by atoms with Crippen molar-refractivity contribution >= 4 is 51.7 Å². The molecule has 0 bridgehead atoms. The fourth-order valence-electron chi connectivity index (χ4n) is 3.31. The van der Waals surface area contributed by atoms with E-state index < -0.39 is 6.10 Å². The van der Waals surface area contributed by atoms with Crippen molar-refractivity contribution in [2.24, 2.45) is 4.99 Å². The molecule has 0 unspecified atom stereocenters. The number of amides is 2. The maximum atomic E-state index is 13.6. The molecule has 6 nitrogen and oxygen atoms in total. The Kier molecular flexibility index (Phi) is 5.52. The van der Waals surface area contributed by atoms with Crippen LogP contribution in [0.3, 0.4) is 0 Å². The van der Waals surface area contributed by atoms with Gasteiger partial charge < -0.3 is 9.64 Å². The minimum Gasteiger partial charge on any atom is -0.476 e. The molecule has 2 aromatic carbocycles. The van der Waals surface area contributed by atoms with Crippen molar-refractivity contribution in [1.82, 2.24) is 0 Å². The Bertz CT molecular complexity index is 979. The maximum Gasteiger partial charge on any atom is 0.276 e. The van der Waals surface area contributed by atoms with Gasteiger partial charge >= 0.3 is 0 Å². The Labute approximate surface area is 178 Å². The molecule has 2 heterocycles. The molecule has 0 fully saturated rings. The number of amidine groups is 1. The van der Waals surface area contributed by atoms with Gasteiger partial charge in [-0.05, 0) is 43.3 Å². The number of hydrogen-bond donors (Lipinski definition) is 0. The molecule has 2 atom stereocenters. The number of fused-ring (bicyclic) bond motifs is 1. The first-order valence-electron chi connectivity index (χ1n) is 9.28. The second-order valence-corrected chi connectivity index (χ2v) is 8.35.